The van der Waals surface area contributed by atoms with Gasteiger partial charge in [0.15, 0.2) is 0 Å². The lowest BCUT2D eigenvalue weighted by atomic mass is 10.1. The minimum Gasteiger partial charge on any atom is -0.396 e. The molecule has 1 atom stereocenters. The summed E-state index contributed by atoms with van der Waals surface area (Å²) in [5.41, 5.74) is 0.489. The fourth-order valence-corrected chi connectivity index (χ4v) is 1.09. The van der Waals surface area contributed by atoms with Gasteiger partial charge in [-0.2, -0.15) is 5.10 Å². The highest BCUT2D eigenvalue weighted by Crippen LogP contribution is 2.04. The maximum atomic E-state index is 10.9. The zero-order valence-corrected chi connectivity index (χ0v) is 8.16. The van der Waals surface area contributed by atoms with Crippen LogP contribution in [0.15, 0.2) is 17.1 Å². The molecular formula is C9H15N3O2. The van der Waals surface area contributed by atoms with Crippen molar-refractivity contribution < 1.29 is 5.11 Å². The summed E-state index contributed by atoms with van der Waals surface area (Å²) < 4.78 is 0. The Balaban J connectivity index is 2.41. The van der Waals surface area contributed by atoms with Crippen LogP contribution in [0.4, 0.5) is 5.69 Å². The van der Waals surface area contributed by atoms with Crippen LogP contribution in [0.2, 0.25) is 0 Å². The molecule has 0 radical (unpaired) electrons. The minimum atomic E-state index is -0.218. The second kappa shape index (κ2) is 5.39. The van der Waals surface area contributed by atoms with Crippen molar-refractivity contribution in [1.82, 2.24) is 10.2 Å². The monoisotopic (exact) mass is 197 g/mol. The number of hydrogen-bond acceptors (Lipinski definition) is 4. The molecule has 0 spiro atoms. The number of aliphatic hydroxyl groups excluding tert-OH is 1. The van der Waals surface area contributed by atoms with Gasteiger partial charge in [0.25, 0.3) is 5.56 Å². The van der Waals surface area contributed by atoms with Gasteiger partial charge in [0, 0.05) is 19.2 Å². The van der Waals surface area contributed by atoms with Gasteiger partial charge in [0.1, 0.15) is 0 Å². The van der Waals surface area contributed by atoms with E-state index in [2.05, 4.69) is 15.5 Å². The Hall–Kier alpha value is -1.36. The van der Waals surface area contributed by atoms with E-state index in [0.29, 0.717) is 11.6 Å². The molecule has 1 heterocycles. The summed E-state index contributed by atoms with van der Waals surface area (Å²) in [6.45, 7) is 2.95. The number of aliphatic hydroxyl groups is 1. The van der Waals surface area contributed by atoms with E-state index in [9.17, 15) is 4.79 Å². The van der Waals surface area contributed by atoms with Gasteiger partial charge in [-0.1, -0.05) is 6.92 Å². The zero-order chi connectivity index (χ0) is 10.4. The molecule has 1 aromatic heterocycles. The Bertz CT molecular complexity index is 324. The van der Waals surface area contributed by atoms with E-state index in [4.69, 9.17) is 5.11 Å². The summed E-state index contributed by atoms with van der Waals surface area (Å²) in [4.78, 5) is 10.9. The summed E-state index contributed by atoms with van der Waals surface area (Å²) in [6, 6.07) is 1.46. The van der Waals surface area contributed by atoms with E-state index < -0.39 is 0 Å². The minimum absolute atomic E-state index is 0.191. The molecule has 0 aliphatic heterocycles. The van der Waals surface area contributed by atoms with Crippen LogP contribution in [0, 0.1) is 5.92 Å². The summed E-state index contributed by atoms with van der Waals surface area (Å²) in [5.74, 6) is 0.374. The first-order valence-electron chi connectivity index (χ1n) is 4.62. The highest BCUT2D eigenvalue weighted by Gasteiger charge is 2.00. The Morgan fingerprint density at radius 2 is 2.50 bits per heavy atom. The molecule has 0 aliphatic rings. The van der Waals surface area contributed by atoms with Crippen molar-refractivity contribution in [3.05, 3.63) is 22.6 Å². The van der Waals surface area contributed by atoms with Gasteiger partial charge >= 0.3 is 0 Å². The molecule has 3 N–H and O–H groups in total. The van der Waals surface area contributed by atoms with Gasteiger partial charge in [0.05, 0.1) is 11.9 Å². The number of hydrogen-bond donors (Lipinski definition) is 3. The molecule has 5 nitrogen and oxygen atoms in total. The maximum absolute atomic E-state index is 10.9. The molecule has 0 amide bonds. The number of H-pyrrole nitrogens is 1. The van der Waals surface area contributed by atoms with Crippen molar-refractivity contribution >= 4 is 5.69 Å². The van der Waals surface area contributed by atoms with Crippen molar-refractivity contribution in [2.24, 2.45) is 5.92 Å². The van der Waals surface area contributed by atoms with E-state index in [0.717, 1.165) is 13.0 Å². The van der Waals surface area contributed by atoms with Crippen LogP contribution in [0.3, 0.4) is 0 Å². The first-order valence-corrected chi connectivity index (χ1v) is 4.62. The van der Waals surface area contributed by atoms with E-state index in [1.54, 1.807) is 6.20 Å². The first kappa shape index (κ1) is 10.7. The van der Waals surface area contributed by atoms with Gasteiger partial charge < -0.3 is 10.4 Å². The number of aromatic nitrogens is 2. The van der Waals surface area contributed by atoms with Gasteiger partial charge in [-0.05, 0) is 12.3 Å². The van der Waals surface area contributed by atoms with Crippen LogP contribution < -0.4 is 10.9 Å². The number of nitrogens with one attached hydrogen (secondary N) is 2. The molecule has 0 bridgehead atoms. The van der Waals surface area contributed by atoms with Crippen LogP contribution in [-0.4, -0.2) is 28.5 Å². The molecule has 0 aliphatic carbocycles. The fourth-order valence-electron chi connectivity index (χ4n) is 1.09. The molecule has 14 heavy (non-hydrogen) atoms. The molecule has 0 aromatic carbocycles. The molecular weight excluding hydrogens is 182 g/mol. The molecule has 0 saturated carbocycles. The predicted molar refractivity (Wildman–Crippen MR) is 54.2 cm³/mol. The number of nitrogens with zero attached hydrogens (tertiary/aromatic N) is 1. The highest BCUT2D eigenvalue weighted by atomic mass is 16.3. The van der Waals surface area contributed by atoms with Gasteiger partial charge in [-0.25, -0.2) is 5.10 Å². The predicted octanol–water partition coefficient (Wildman–Crippen LogP) is 0.200. The molecule has 0 saturated heterocycles. The summed E-state index contributed by atoms with van der Waals surface area (Å²) in [7, 11) is 0. The standard InChI is InChI=1S/C9H15N3O2/c1-7(2-3-13)5-10-8-4-9(14)12-11-6-8/h4,6-7,13H,2-3,5H2,1H3,(H2,10,12,14). The van der Waals surface area contributed by atoms with Crippen molar-refractivity contribution in [2.75, 3.05) is 18.5 Å². The maximum Gasteiger partial charge on any atom is 0.266 e. The normalized spacial score (nSPS) is 12.4. The largest absolute Gasteiger partial charge is 0.396 e. The van der Waals surface area contributed by atoms with E-state index in [1.165, 1.54) is 6.07 Å². The Morgan fingerprint density at radius 3 is 3.14 bits per heavy atom. The van der Waals surface area contributed by atoms with Gasteiger partial charge in [-0.15, -0.1) is 0 Å². The average Bonchev–Trinajstić information content (AvgIpc) is 2.15. The number of aromatic amines is 1. The molecule has 1 rings (SSSR count). The first-order chi connectivity index (χ1) is 6.72. The third-order valence-corrected chi connectivity index (χ3v) is 1.94. The van der Waals surface area contributed by atoms with Crippen molar-refractivity contribution in [1.29, 1.82) is 0 Å². The van der Waals surface area contributed by atoms with Crippen molar-refractivity contribution in [2.45, 2.75) is 13.3 Å². The summed E-state index contributed by atoms with van der Waals surface area (Å²) >= 11 is 0. The van der Waals surface area contributed by atoms with Crippen LogP contribution >= 0.6 is 0 Å². The molecule has 1 unspecified atom stereocenters. The van der Waals surface area contributed by atoms with Crippen LogP contribution in [0.25, 0.3) is 0 Å². The average molecular weight is 197 g/mol. The molecule has 5 heteroatoms. The molecule has 0 fully saturated rings. The van der Waals surface area contributed by atoms with E-state index in [-0.39, 0.29) is 12.2 Å². The van der Waals surface area contributed by atoms with Crippen LogP contribution in [0.5, 0.6) is 0 Å². The van der Waals surface area contributed by atoms with Crippen molar-refractivity contribution in [3.63, 3.8) is 0 Å². The third-order valence-electron chi connectivity index (χ3n) is 1.94. The molecule has 78 valence electrons. The van der Waals surface area contributed by atoms with E-state index >= 15 is 0 Å². The summed E-state index contributed by atoms with van der Waals surface area (Å²) in [6.07, 6.45) is 2.32. The SMILES string of the molecule is CC(CCO)CNc1cn[nH]c(=O)c1. The number of anilines is 1. The van der Waals surface area contributed by atoms with E-state index in [1.807, 2.05) is 6.92 Å². The third kappa shape index (κ3) is 3.57. The molecule has 1 aromatic rings. The van der Waals surface area contributed by atoms with Gasteiger partial charge in [-0.3, -0.25) is 4.79 Å². The quantitative estimate of drug-likeness (QED) is 0.630. The smallest absolute Gasteiger partial charge is 0.266 e. The lowest BCUT2D eigenvalue weighted by molar-refractivity contribution is 0.266. The zero-order valence-electron chi connectivity index (χ0n) is 8.16. The lowest BCUT2D eigenvalue weighted by Crippen LogP contribution is -2.15. The van der Waals surface area contributed by atoms with Gasteiger partial charge in [0.2, 0.25) is 0 Å². The fraction of sp³-hybridized carbons (Fsp3) is 0.556. The topological polar surface area (TPSA) is 78.0 Å². The second-order valence-corrected chi connectivity index (χ2v) is 3.33. The Morgan fingerprint density at radius 1 is 1.71 bits per heavy atom. The highest BCUT2D eigenvalue weighted by molar-refractivity contribution is 5.38. The Kier molecular flexibility index (Phi) is 4.12. The summed E-state index contributed by atoms with van der Waals surface area (Å²) in [5, 5.41) is 17.7. The lowest BCUT2D eigenvalue weighted by Gasteiger charge is -2.11. The number of rotatable bonds is 5. The Labute approximate surface area is 82.2 Å². The second-order valence-electron chi connectivity index (χ2n) is 3.33. The van der Waals surface area contributed by atoms with Crippen LogP contribution in [-0.2, 0) is 0 Å². The van der Waals surface area contributed by atoms with Crippen LogP contribution in [0.1, 0.15) is 13.3 Å². The van der Waals surface area contributed by atoms with Crippen molar-refractivity contribution in [3.8, 4) is 0 Å².